The number of nitrogens with zero attached hydrogens (tertiary/aromatic N) is 1. The molecular formula is C9H13NO3. The van der Waals surface area contributed by atoms with Crippen LogP contribution in [0.1, 0.15) is 16.1 Å². The van der Waals surface area contributed by atoms with E-state index in [1.54, 1.807) is 17.7 Å². The van der Waals surface area contributed by atoms with E-state index >= 15 is 0 Å². The van der Waals surface area contributed by atoms with Gasteiger partial charge in [0.2, 0.25) is 0 Å². The van der Waals surface area contributed by atoms with Gasteiger partial charge in [0, 0.05) is 19.9 Å². The lowest BCUT2D eigenvalue weighted by molar-refractivity contribution is 0.0590. The molecule has 72 valence electrons. The summed E-state index contributed by atoms with van der Waals surface area (Å²) in [6.07, 6.45) is 2.37. The first-order chi connectivity index (χ1) is 6.19. The molecular weight excluding hydrogens is 170 g/mol. The summed E-state index contributed by atoms with van der Waals surface area (Å²) < 4.78 is 6.28. The van der Waals surface area contributed by atoms with Gasteiger partial charge in [-0.15, -0.1) is 0 Å². The Labute approximate surface area is 76.7 Å². The highest BCUT2D eigenvalue weighted by Gasteiger charge is 2.10. The van der Waals surface area contributed by atoms with Crippen LogP contribution in [0.2, 0.25) is 0 Å². The lowest BCUT2D eigenvalue weighted by atomic mass is 10.2. The monoisotopic (exact) mass is 183 g/mol. The maximum atomic E-state index is 11.1. The predicted molar refractivity (Wildman–Crippen MR) is 47.5 cm³/mol. The number of rotatable bonds is 3. The first kappa shape index (κ1) is 9.80. The van der Waals surface area contributed by atoms with Crippen molar-refractivity contribution < 1.29 is 14.6 Å². The van der Waals surface area contributed by atoms with Crippen LogP contribution in [0.25, 0.3) is 0 Å². The van der Waals surface area contributed by atoms with Gasteiger partial charge in [0.25, 0.3) is 0 Å². The molecule has 0 aliphatic rings. The van der Waals surface area contributed by atoms with Crippen LogP contribution in [-0.4, -0.2) is 29.4 Å². The summed E-state index contributed by atoms with van der Waals surface area (Å²) in [5, 5.41) is 8.69. The first-order valence-corrected chi connectivity index (χ1v) is 4.03. The Morgan fingerprint density at radius 3 is 2.92 bits per heavy atom. The van der Waals surface area contributed by atoms with Crippen LogP contribution in [0.4, 0.5) is 0 Å². The third-order valence-electron chi connectivity index (χ3n) is 1.86. The van der Waals surface area contributed by atoms with Crippen LogP contribution >= 0.6 is 0 Å². The number of hydrogen-bond donors (Lipinski definition) is 1. The SMILES string of the molecule is COC(=O)c1cc(CCO)cn1C. The van der Waals surface area contributed by atoms with Crippen molar-refractivity contribution in [3.05, 3.63) is 23.5 Å². The quantitative estimate of drug-likeness (QED) is 0.688. The van der Waals surface area contributed by atoms with E-state index in [2.05, 4.69) is 4.74 Å². The summed E-state index contributed by atoms with van der Waals surface area (Å²) in [4.78, 5) is 11.1. The number of aliphatic hydroxyl groups is 1. The molecule has 0 spiro atoms. The molecule has 1 aromatic rings. The van der Waals surface area contributed by atoms with Crippen LogP contribution in [-0.2, 0) is 18.2 Å². The minimum Gasteiger partial charge on any atom is -0.464 e. The minimum atomic E-state index is -0.355. The fourth-order valence-electron chi connectivity index (χ4n) is 1.21. The van der Waals surface area contributed by atoms with E-state index in [1.165, 1.54) is 7.11 Å². The molecule has 4 nitrogen and oxygen atoms in total. The highest BCUT2D eigenvalue weighted by atomic mass is 16.5. The maximum Gasteiger partial charge on any atom is 0.354 e. The second-order valence-electron chi connectivity index (χ2n) is 2.81. The predicted octanol–water partition coefficient (Wildman–Crippen LogP) is 0.346. The van der Waals surface area contributed by atoms with Crippen molar-refractivity contribution in [1.82, 2.24) is 4.57 Å². The van der Waals surface area contributed by atoms with E-state index in [-0.39, 0.29) is 12.6 Å². The van der Waals surface area contributed by atoms with E-state index in [0.29, 0.717) is 12.1 Å². The van der Waals surface area contributed by atoms with E-state index in [0.717, 1.165) is 5.56 Å². The van der Waals surface area contributed by atoms with Gasteiger partial charge in [-0.05, 0) is 18.1 Å². The minimum absolute atomic E-state index is 0.0879. The number of aliphatic hydroxyl groups excluding tert-OH is 1. The van der Waals surface area contributed by atoms with Gasteiger partial charge >= 0.3 is 5.97 Å². The molecule has 0 saturated heterocycles. The zero-order chi connectivity index (χ0) is 9.84. The van der Waals surface area contributed by atoms with Gasteiger partial charge in [-0.2, -0.15) is 0 Å². The maximum absolute atomic E-state index is 11.1. The van der Waals surface area contributed by atoms with Gasteiger partial charge in [0.1, 0.15) is 5.69 Å². The van der Waals surface area contributed by atoms with Crippen molar-refractivity contribution in [3.8, 4) is 0 Å². The zero-order valence-corrected chi connectivity index (χ0v) is 7.78. The Hall–Kier alpha value is -1.29. The van der Waals surface area contributed by atoms with Crippen LogP contribution in [0.5, 0.6) is 0 Å². The molecule has 0 amide bonds. The zero-order valence-electron chi connectivity index (χ0n) is 7.78. The van der Waals surface area contributed by atoms with Crippen molar-refractivity contribution in [2.24, 2.45) is 7.05 Å². The second kappa shape index (κ2) is 4.09. The molecule has 0 bridgehead atoms. The number of ether oxygens (including phenoxy) is 1. The Bertz CT molecular complexity index is 304. The first-order valence-electron chi connectivity index (χ1n) is 4.03. The summed E-state index contributed by atoms with van der Waals surface area (Å²) in [7, 11) is 3.12. The summed E-state index contributed by atoms with van der Waals surface area (Å²) in [5.41, 5.74) is 1.44. The summed E-state index contributed by atoms with van der Waals surface area (Å²) in [6, 6.07) is 1.72. The van der Waals surface area contributed by atoms with E-state index in [1.807, 2.05) is 6.20 Å². The number of aromatic nitrogens is 1. The molecule has 0 aromatic carbocycles. The molecule has 1 aromatic heterocycles. The largest absolute Gasteiger partial charge is 0.464 e. The number of methoxy groups -OCH3 is 1. The molecule has 0 aliphatic heterocycles. The fourth-order valence-corrected chi connectivity index (χ4v) is 1.21. The molecule has 0 saturated carbocycles. The number of hydrogen-bond acceptors (Lipinski definition) is 3. The highest BCUT2D eigenvalue weighted by molar-refractivity contribution is 5.87. The average Bonchev–Trinajstić information content (AvgIpc) is 2.46. The van der Waals surface area contributed by atoms with E-state index in [4.69, 9.17) is 5.11 Å². The molecule has 1 rings (SSSR count). The summed E-state index contributed by atoms with van der Waals surface area (Å²) in [6.45, 7) is 0.0879. The van der Waals surface area contributed by atoms with Crippen molar-refractivity contribution in [2.75, 3.05) is 13.7 Å². The molecule has 0 aliphatic carbocycles. The number of carbonyl (C=O) groups excluding carboxylic acids is 1. The van der Waals surface area contributed by atoms with Crippen molar-refractivity contribution in [3.63, 3.8) is 0 Å². The normalized spacial score (nSPS) is 10.1. The van der Waals surface area contributed by atoms with E-state index in [9.17, 15) is 4.79 Å². The van der Waals surface area contributed by atoms with Crippen molar-refractivity contribution in [2.45, 2.75) is 6.42 Å². The lowest BCUT2D eigenvalue weighted by Crippen LogP contribution is -2.06. The van der Waals surface area contributed by atoms with Crippen molar-refractivity contribution in [1.29, 1.82) is 0 Å². The Morgan fingerprint density at radius 2 is 2.38 bits per heavy atom. The Kier molecular flexibility index (Phi) is 3.08. The molecule has 4 heteroatoms. The summed E-state index contributed by atoms with van der Waals surface area (Å²) >= 11 is 0. The Balaban J connectivity index is 2.89. The molecule has 0 fully saturated rings. The third-order valence-corrected chi connectivity index (χ3v) is 1.86. The number of esters is 1. The standard InChI is InChI=1S/C9H13NO3/c1-10-6-7(3-4-11)5-8(10)9(12)13-2/h5-6,11H,3-4H2,1-2H3. The molecule has 1 N–H and O–H groups in total. The van der Waals surface area contributed by atoms with Crippen LogP contribution in [0, 0.1) is 0 Å². The van der Waals surface area contributed by atoms with E-state index < -0.39 is 0 Å². The van der Waals surface area contributed by atoms with Crippen LogP contribution < -0.4 is 0 Å². The van der Waals surface area contributed by atoms with Gasteiger partial charge in [-0.25, -0.2) is 4.79 Å². The van der Waals surface area contributed by atoms with Gasteiger partial charge in [0.05, 0.1) is 7.11 Å². The molecule has 13 heavy (non-hydrogen) atoms. The second-order valence-corrected chi connectivity index (χ2v) is 2.81. The smallest absolute Gasteiger partial charge is 0.354 e. The topological polar surface area (TPSA) is 51.5 Å². The fraction of sp³-hybridized carbons (Fsp3) is 0.444. The third kappa shape index (κ3) is 2.09. The number of carbonyl (C=O) groups is 1. The van der Waals surface area contributed by atoms with Gasteiger partial charge in [-0.3, -0.25) is 0 Å². The highest BCUT2D eigenvalue weighted by Crippen LogP contribution is 2.08. The van der Waals surface area contributed by atoms with Crippen molar-refractivity contribution >= 4 is 5.97 Å². The van der Waals surface area contributed by atoms with Gasteiger partial charge < -0.3 is 14.4 Å². The number of aryl methyl sites for hydroxylation is 1. The molecule has 1 heterocycles. The Morgan fingerprint density at radius 1 is 1.69 bits per heavy atom. The molecule has 0 atom stereocenters. The average molecular weight is 183 g/mol. The van der Waals surface area contributed by atoms with Crippen LogP contribution in [0.15, 0.2) is 12.3 Å². The van der Waals surface area contributed by atoms with Gasteiger partial charge in [-0.1, -0.05) is 0 Å². The summed E-state index contributed by atoms with van der Waals surface area (Å²) in [5.74, 6) is -0.355. The lowest BCUT2D eigenvalue weighted by Gasteiger charge is -1.98. The van der Waals surface area contributed by atoms with Gasteiger partial charge in [0.15, 0.2) is 0 Å². The molecule has 0 unspecified atom stereocenters. The van der Waals surface area contributed by atoms with Crippen LogP contribution in [0.3, 0.4) is 0 Å². The molecule has 0 radical (unpaired) electrons.